The number of carbonyl (C=O) groups is 1. The molecule has 2 heterocycles. The Morgan fingerprint density at radius 1 is 1.20 bits per heavy atom. The fraction of sp³-hybridized carbons (Fsp3) is 0.643. The molecular weight excluding hydrogens is 254 g/mol. The van der Waals surface area contributed by atoms with Gasteiger partial charge in [0.1, 0.15) is 5.82 Å². The van der Waals surface area contributed by atoms with Crippen molar-refractivity contribution >= 4 is 18.2 Å². The van der Waals surface area contributed by atoms with Crippen molar-refractivity contribution in [1.82, 2.24) is 14.9 Å². The molecule has 0 aromatic carbocycles. The van der Waals surface area contributed by atoms with E-state index in [-0.39, 0.29) is 0 Å². The number of aromatic nitrogens is 2. The third kappa shape index (κ3) is 3.18. The van der Waals surface area contributed by atoms with Crippen molar-refractivity contribution in [3.63, 3.8) is 0 Å². The Bertz CT molecular complexity index is 453. The van der Waals surface area contributed by atoms with Gasteiger partial charge >= 0.3 is 0 Å². The molecule has 20 heavy (non-hydrogen) atoms. The van der Waals surface area contributed by atoms with Crippen LogP contribution in [-0.4, -0.2) is 60.5 Å². The number of hydrogen-bond donors (Lipinski definition) is 0. The first-order valence-electron chi connectivity index (χ1n) is 7.22. The highest BCUT2D eigenvalue weighted by molar-refractivity contribution is 5.50. The van der Waals surface area contributed by atoms with E-state index in [9.17, 15) is 4.79 Å². The van der Waals surface area contributed by atoms with Crippen LogP contribution in [0.5, 0.6) is 0 Å². The number of amides is 1. The van der Waals surface area contributed by atoms with Crippen LogP contribution in [0.15, 0.2) is 6.07 Å². The van der Waals surface area contributed by atoms with Crippen LogP contribution in [0.3, 0.4) is 0 Å². The minimum atomic E-state index is 0.757. The Labute approximate surface area is 120 Å². The molecule has 1 saturated heterocycles. The van der Waals surface area contributed by atoms with E-state index in [2.05, 4.69) is 33.6 Å². The maximum atomic E-state index is 10.8. The minimum absolute atomic E-state index is 0.757. The Kier molecular flexibility index (Phi) is 4.76. The van der Waals surface area contributed by atoms with Gasteiger partial charge in [-0.05, 0) is 20.8 Å². The average molecular weight is 277 g/mol. The average Bonchev–Trinajstić information content (AvgIpc) is 2.48. The zero-order valence-electron chi connectivity index (χ0n) is 12.5. The minimum Gasteiger partial charge on any atom is -0.353 e. The molecule has 0 radical (unpaired) electrons. The summed E-state index contributed by atoms with van der Waals surface area (Å²) < 4.78 is 0. The molecule has 6 nitrogen and oxygen atoms in total. The zero-order valence-corrected chi connectivity index (χ0v) is 12.5. The van der Waals surface area contributed by atoms with Gasteiger partial charge in [-0.25, -0.2) is 4.98 Å². The predicted octanol–water partition coefficient (Wildman–Crippen LogP) is 0.910. The van der Waals surface area contributed by atoms with Gasteiger partial charge in [-0.2, -0.15) is 4.98 Å². The largest absolute Gasteiger partial charge is 0.353 e. The van der Waals surface area contributed by atoms with Crippen LogP contribution in [0.1, 0.15) is 19.5 Å². The van der Waals surface area contributed by atoms with Gasteiger partial charge in [0.2, 0.25) is 12.4 Å². The van der Waals surface area contributed by atoms with E-state index < -0.39 is 0 Å². The van der Waals surface area contributed by atoms with Crippen molar-refractivity contribution in [2.45, 2.75) is 20.8 Å². The van der Waals surface area contributed by atoms with Gasteiger partial charge in [-0.15, -0.1) is 0 Å². The number of hydrogen-bond acceptors (Lipinski definition) is 5. The second-order valence-corrected chi connectivity index (χ2v) is 4.97. The fourth-order valence-electron chi connectivity index (χ4n) is 2.40. The summed E-state index contributed by atoms with van der Waals surface area (Å²) in [5.41, 5.74) is 0.981. The summed E-state index contributed by atoms with van der Waals surface area (Å²) in [6.45, 7) is 11.2. The van der Waals surface area contributed by atoms with Crippen molar-refractivity contribution in [3.8, 4) is 0 Å². The summed E-state index contributed by atoms with van der Waals surface area (Å²) in [5.74, 6) is 1.76. The van der Waals surface area contributed by atoms with Crippen molar-refractivity contribution in [2.24, 2.45) is 0 Å². The van der Waals surface area contributed by atoms with Gasteiger partial charge in [-0.1, -0.05) is 0 Å². The van der Waals surface area contributed by atoms with E-state index in [1.807, 2.05) is 13.0 Å². The first-order valence-corrected chi connectivity index (χ1v) is 7.22. The summed E-state index contributed by atoms with van der Waals surface area (Å²) in [6.07, 6.45) is 0.921. The highest BCUT2D eigenvalue weighted by Crippen LogP contribution is 2.18. The molecule has 110 valence electrons. The third-order valence-corrected chi connectivity index (χ3v) is 3.66. The molecule has 0 saturated carbocycles. The van der Waals surface area contributed by atoms with Gasteiger partial charge in [-0.3, -0.25) is 4.79 Å². The van der Waals surface area contributed by atoms with Crippen molar-refractivity contribution < 1.29 is 4.79 Å². The molecule has 2 rings (SSSR count). The molecule has 0 atom stereocenters. The molecule has 1 aromatic heterocycles. The molecule has 1 fully saturated rings. The Morgan fingerprint density at radius 3 is 2.40 bits per heavy atom. The van der Waals surface area contributed by atoms with Gasteiger partial charge in [0, 0.05) is 51.0 Å². The second-order valence-electron chi connectivity index (χ2n) is 4.97. The lowest BCUT2D eigenvalue weighted by Gasteiger charge is -2.33. The normalized spacial score (nSPS) is 15.3. The van der Waals surface area contributed by atoms with E-state index in [1.165, 1.54) is 0 Å². The Hall–Kier alpha value is -1.85. The molecule has 0 N–H and O–H groups in total. The van der Waals surface area contributed by atoms with Crippen LogP contribution in [0.25, 0.3) is 0 Å². The first-order chi connectivity index (χ1) is 9.67. The van der Waals surface area contributed by atoms with Crippen molar-refractivity contribution in [1.29, 1.82) is 0 Å². The zero-order chi connectivity index (χ0) is 14.5. The number of aryl methyl sites for hydroxylation is 1. The molecule has 1 aliphatic rings. The second kappa shape index (κ2) is 6.54. The van der Waals surface area contributed by atoms with Crippen LogP contribution in [0.2, 0.25) is 0 Å². The summed E-state index contributed by atoms with van der Waals surface area (Å²) in [6, 6.07) is 2.02. The molecular formula is C14H23N5O. The smallest absolute Gasteiger partial charge is 0.227 e. The maximum absolute atomic E-state index is 10.8. The quantitative estimate of drug-likeness (QED) is 0.749. The lowest BCUT2D eigenvalue weighted by molar-refractivity contribution is -0.118. The van der Waals surface area contributed by atoms with Crippen LogP contribution in [0, 0.1) is 6.92 Å². The number of anilines is 2. The number of nitrogens with zero attached hydrogens (tertiary/aromatic N) is 5. The molecule has 6 heteroatoms. The van der Waals surface area contributed by atoms with Gasteiger partial charge < -0.3 is 14.7 Å². The highest BCUT2D eigenvalue weighted by atomic mass is 16.1. The molecule has 0 aliphatic carbocycles. The van der Waals surface area contributed by atoms with Crippen molar-refractivity contribution in [2.75, 3.05) is 49.1 Å². The number of piperazine rings is 1. The summed E-state index contributed by atoms with van der Waals surface area (Å²) in [7, 11) is 0. The maximum Gasteiger partial charge on any atom is 0.227 e. The lowest BCUT2D eigenvalue weighted by Crippen LogP contribution is -2.46. The molecule has 0 unspecified atom stereocenters. The van der Waals surface area contributed by atoms with Crippen LogP contribution in [-0.2, 0) is 4.79 Å². The van der Waals surface area contributed by atoms with Crippen molar-refractivity contribution in [3.05, 3.63) is 11.8 Å². The molecule has 1 amide bonds. The van der Waals surface area contributed by atoms with E-state index in [4.69, 9.17) is 0 Å². The molecule has 0 bridgehead atoms. The van der Waals surface area contributed by atoms with E-state index in [0.717, 1.165) is 63.1 Å². The Morgan fingerprint density at radius 2 is 1.85 bits per heavy atom. The third-order valence-electron chi connectivity index (χ3n) is 3.66. The van der Waals surface area contributed by atoms with Gasteiger partial charge in [0.15, 0.2) is 0 Å². The molecule has 1 aromatic rings. The summed E-state index contributed by atoms with van der Waals surface area (Å²) in [4.78, 5) is 26.1. The number of rotatable bonds is 5. The highest BCUT2D eigenvalue weighted by Gasteiger charge is 2.18. The lowest BCUT2D eigenvalue weighted by atomic mass is 10.3. The summed E-state index contributed by atoms with van der Waals surface area (Å²) >= 11 is 0. The first kappa shape index (κ1) is 14.6. The SMILES string of the molecule is CCN(CC)c1nc(C)cc(N2CCN(C=O)CC2)n1. The topological polar surface area (TPSA) is 52.6 Å². The molecule has 0 spiro atoms. The monoisotopic (exact) mass is 277 g/mol. The van der Waals surface area contributed by atoms with Crippen LogP contribution >= 0.6 is 0 Å². The predicted molar refractivity (Wildman–Crippen MR) is 80.2 cm³/mol. The number of carbonyl (C=O) groups excluding carboxylic acids is 1. The molecule has 1 aliphatic heterocycles. The van der Waals surface area contributed by atoms with Crippen LogP contribution in [0.4, 0.5) is 11.8 Å². The van der Waals surface area contributed by atoms with E-state index >= 15 is 0 Å². The van der Waals surface area contributed by atoms with Gasteiger partial charge in [0.05, 0.1) is 0 Å². The van der Waals surface area contributed by atoms with E-state index in [1.54, 1.807) is 4.90 Å². The van der Waals surface area contributed by atoms with Crippen LogP contribution < -0.4 is 9.80 Å². The van der Waals surface area contributed by atoms with Gasteiger partial charge in [0.25, 0.3) is 0 Å². The summed E-state index contributed by atoms with van der Waals surface area (Å²) in [5, 5.41) is 0. The fourth-order valence-corrected chi connectivity index (χ4v) is 2.40. The van der Waals surface area contributed by atoms with E-state index in [0.29, 0.717) is 0 Å². The Balaban J connectivity index is 2.18. The standard InChI is InChI=1S/C14H23N5O/c1-4-18(5-2)14-15-12(3)10-13(16-14)19-8-6-17(11-20)7-9-19/h10-11H,4-9H2,1-3H3.